The lowest BCUT2D eigenvalue weighted by Crippen LogP contribution is -2.29. The summed E-state index contributed by atoms with van der Waals surface area (Å²) < 4.78 is 0. The van der Waals surface area contributed by atoms with Crippen LogP contribution in [0.5, 0.6) is 0 Å². The summed E-state index contributed by atoms with van der Waals surface area (Å²) in [5.41, 5.74) is 3.12. The van der Waals surface area contributed by atoms with Gasteiger partial charge in [0.1, 0.15) is 0 Å². The van der Waals surface area contributed by atoms with Crippen molar-refractivity contribution in [2.75, 3.05) is 0 Å². The molecule has 0 N–H and O–H groups in total. The van der Waals surface area contributed by atoms with Gasteiger partial charge in [-0.05, 0) is 71.7 Å². The quantitative estimate of drug-likeness (QED) is 0.403. The molecule has 0 unspecified atom stereocenters. The van der Waals surface area contributed by atoms with Gasteiger partial charge in [0.15, 0.2) is 5.78 Å². The van der Waals surface area contributed by atoms with Crippen LogP contribution in [0.1, 0.15) is 44.7 Å². The van der Waals surface area contributed by atoms with Gasteiger partial charge in [0.2, 0.25) is 0 Å². The normalized spacial score (nSPS) is 20.5. The van der Waals surface area contributed by atoms with Crippen molar-refractivity contribution in [2.45, 2.75) is 33.6 Å². The van der Waals surface area contributed by atoms with Crippen LogP contribution in [0.25, 0.3) is 12.2 Å². The van der Waals surface area contributed by atoms with Gasteiger partial charge in [-0.3, -0.25) is 4.79 Å². The maximum atomic E-state index is 13.3. The minimum absolute atomic E-state index is 0.0301. The molecular formula is C24H22Cl4O. The van der Waals surface area contributed by atoms with Gasteiger partial charge in [-0.1, -0.05) is 79.3 Å². The fourth-order valence-corrected chi connectivity index (χ4v) is 4.39. The number of rotatable bonds is 2. The molecule has 3 rings (SSSR count). The van der Waals surface area contributed by atoms with Gasteiger partial charge in [-0.25, -0.2) is 0 Å². The van der Waals surface area contributed by atoms with E-state index in [-0.39, 0.29) is 11.2 Å². The highest BCUT2D eigenvalue weighted by molar-refractivity contribution is 6.36. The number of carbonyl (C=O) groups is 1. The minimum Gasteiger partial charge on any atom is -0.289 e. The van der Waals surface area contributed by atoms with Crippen LogP contribution in [0, 0.1) is 11.3 Å². The number of ketones is 1. The van der Waals surface area contributed by atoms with Gasteiger partial charge < -0.3 is 0 Å². The van der Waals surface area contributed by atoms with Crippen LogP contribution in [0.15, 0.2) is 47.5 Å². The van der Waals surface area contributed by atoms with Crippen LogP contribution in [-0.4, -0.2) is 5.78 Å². The van der Waals surface area contributed by atoms with Crippen molar-refractivity contribution in [2.24, 2.45) is 11.3 Å². The number of benzene rings is 2. The zero-order valence-corrected chi connectivity index (χ0v) is 19.6. The Balaban J connectivity index is 2.06. The van der Waals surface area contributed by atoms with Gasteiger partial charge in [0, 0.05) is 31.2 Å². The number of hydrogen-bond donors (Lipinski definition) is 0. The highest BCUT2D eigenvalue weighted by Gasteiger charge is 2.34. The molecule has 1 saturated carbocycles. The van der Waals surface area contributed by atoms with Crippen molar-refractivity contribution < 1.29 is 4.79 Å². The summed E-state index contributed by atoms with van der Waals surface area (Å²) >= 11 is 24.7. The Labute approximate surface area is 192 Å². The monoisotopic (exact) mass is 466 g/mol. The minimum atomic E-state index is 0.0301. The molecular weight excluding hydrogens is 446 g/mol. The zero-order chi connectivity index (χ0) is 21.3. The first kappa shape index (κ1) is 22.4. The second-order valence-corrected chi connectivity index (χ2v) is 10.2. The molecule has 152 valence electrons. The van der Waals surface area contributed by atoms with Gasteiger partial charge in [-0.15, -0.1) is 0 Å². The fourth-order valence-electron chi connectivity index (χ4n) is 3.47. The number of carbonyl (C=O) groups excluding carboxylic acids is 1. The Morgan fingerprint density at radius 2 is 1.21 bits per heavy atom. The maximum Gasteiger partial charge on any atom is 0.185 e. The summed E-state index contributed by atoms with van der Waals surface area (Å²) in [4.78, 5) is 13.3. The van der Waals surface area contributed by atoms with Crippen LogP contribution in [0.3, 0.4) is 0 Å². The molecule has 5 heteroatoms. The van der Waals surface area contributed by atoms with E-state index in [1.165, 1.54) is 0 Å². The molecule has 1 fully saturated rings. The average Bonchev–Trinajstić information content (AvgIpc) is 2.61. The summed E-state index contributed by atoms with van der Waals surface area (Å²) in [5.74, 6) is 0.345. The van der Waals surface area contributed by atoms with Gasteiger partial charge >= 0.3 is 0 Å². The molecule has 0 aromatic heterocycles. The van der Waals surface area contributed by atoms with E-state index >= 15 is 0 Å². The van der Waals surface area contributed by atoms with Crippen molar-refractivity contribution in [3.05, 3.63) is 78.8 Å². The van der Waals surface area contributed by atoms with Gasteiger partial charge in [-0.2, -0.15) is 0 Å². The molecule has 2 aromatic rings. The SMILES string of the molecule is CC(C)(C)C1C/C(=C\c2ccc(Cl)cc2Cl)C(=O)/C(=C/c2ccc(Cl)cc2Cl)C1. The van der Waals surface area contributed by atoms with Crippen LogP contribution in [0.4, 0.5) is 0 Å². The molecule has 0 spiro atoms. The summed E-state index contributed by atoms with van der Waals surface area (Å²) in [6.45, 7) is 6.60. The van der Waals surface area contributed by atoms with Crippen molar-refractivity contribution >= 4 is 64.3 Å². The third-order valence-electron chi connectivity index (χ3n) is 5.33. The second-order valence-electron chi connectivity index (χ2n) is 8.47. The van der Waals surface area contributed by atoms with Crippen LogP contribution in [0.2, 0.25) is 20.1 Å². The van der Waals surface area contributed by atoms with Gasteiger partial charge in [0.25, 0.3) is 0 Å². The number of allylic oxidation sites excluding steroid dienone is 2. The summed E-state index contributed by atoms with van der Waals surface area (Å²) in [7, 11) is 0. The molecule has 0 heterocycles. The van der Waals surface area contributed by atoms with E-state index in [1.807, 2.05) is 24.3 Å². The Morgan fingerprint density at radius 1 is 0.793 bits per heavy atom. The van der Waals surface area contributed by atoms with Crippen molar-refractivity contribution in [1.29, 1.82) is 0 Å². The van der Waals surface area contributed by atoms with E-state index < -0.39 is 0 Å². The average molecular weight is 468 g/mol. The highest BCUT2D eigenvalue weighted by Crippen LogP contribution is 2.42. The second kappa shape index (κ2) is 8.86. The third-order valence-corrected chi connectivity index (χ3v) is 6.45. The molecule has 29 heavy (non-hydrogen) atoms. The lowest BCUT2D eigenvalue weighted by atomic mass is 9.68. The molecule has 1 aliphatic carbocycles. The highest BCUT2D eigenvalue weighted by atomic mass is 35.5. The zero-order valence-electron chi connectivity index (χ0n) is 16.5. The van der Waals surface area contributed by atoms with E-state index in [9.17, 15) is 4.79 Å². The number of hydrogen-bond acceptors (Lipinski definition) is 1. The number of halogens is 4. The van der Waals surface area contributed by atoms with Crippen molar-refractivity contribution in [3.8, 4) is 0 Å². The largest absolute Gasteiger partial charge is 0.289 e. The predicted octanol–water partition coefficient (Wildman–Crippen LogP) is 8.79. The lowest BCUT2D eigenvalue weighted by Gasteiger charge is -2.35. The fraction of sp³-hybridized carbons (Fsp3) is 0.292. The Kier molecular flexibility index (Phi) is 6.85. The molecule has 0 radical (unpaired) electrons. The first-order valence-electron chi connectivity index (χ1n) is 9.40. The van der Waals surface area contributed by atoms with Crippen molar-refractivity contribution in [1.82, 2.24) is 0 Å². The third kappa shape index (κ3) is 5.47. The molecule has 1 aliphatic rings. The Bertz CT molecular complexity index is 939. The summed E-state index contributed by atoms with van der Waals surface area (Å²) in [6, 6.07) is 10.6. The van der Waals surface area contributed by atoms with Crippen LogP contribution in [-0.2, 0) is 4.79 Å². The molecule has 2 aromatic carbocycles. The summed E-state index contributed by atoms with van der Waals surface area (Å²) in [5, 5.41) is 2.19. The first-order chi connectivity index (χ1) is 13.5. The van der Waals surface area contributed by atoms with Gasteiger partial charge in [0.05, 0.1) is 0 Å². The van der Waals surface area contributed by atoms with Crippen molar-refractivity contribution in [3.63, 3.8) is 0 Å². The van der Waals surface area contributed by atoms with E-state index in [0.29, 0.717) is 38.9 Å². The van der Waals surface area contributed by atoms with E-state index in [4.69, 9.17) is 46.4 Å². The lowest BCUT2D eigenvalue weighted by molar-refractivity contribution is -0.113. The molecule has 0 atom stereocenters. The molecule has 0 amide bonds. The molecule has 0 saturated heterocycles. The van der Waals surface area contributed by atoms with E-state index in [0.717, 1.165) is 22.3 Å². The van der Waals surface area contributed by atoms with Crippen LogP contribution >= 0.6 is 46.4 Å². The predicted molar refractivity (Wildman–Crippen MR) is 126 cm³/mol. The maximum absolute atomic E-state index is 13.3. The molecule has 1 nitrogen and oxygen atoms in total. The van der Waals surface area contributed by atoms with Crippen LogP contribution < -0.4 is 0 Å². The van der Waals surface area contributed by atoms with E-state index in [1.54, 1.807) is 24.3 Å². The number of Topliss-reactive ketones (excluding diaryl/α,β-unsaturated/α-hetero) is 1. The summed E-state index contributed by atoms with van der Waals surface area (Å²) in [6.07, 6.45) is 5.17. The molecule has 0 aliphatic heterocycles. The Hall–Kier alpha value is -1.25. The van der Waals surface area contributed by atoms with E-state index in [2.05, 4.69) is 20.8 Å². The Morgan fingerprint density at radius 3 is 1.55 bits per heavy atom. The first-order valence-corrected chi connectivity index (χ1v) is 10.9. The standard InChI is InChI=1S/C24H22Cl4O/c1-24(2,3)18-10-16(8-14-4-6-19(25)12-21(14)27)23(29)17(11-18)9-15-5-7-20(26)13-22(15)28/h4-9,12-13,18H,10-11H2,1-3H3/b16-8+,17-9+. The molecule has 0 bridgehead atoms. The topological polar surface area (TPSA) is 17.1 Å². The smallest absolute Gasteiger partial charge is 0.185 e.